The lowest BCUT2D eigenvalue weighted by atomic mass is 10.1. The molecule has 1 aromatic heterocycles. The zero-order valence-electron chi connectivity index (χ0n) is 13.5. The first kappa shape index (κ1) is 17.7. The topological polar surface area (TPSA) is 63.2 Å². The Morgan fingerprint density at radius 2 is 1.83 bits per heavy atom. The third-order valence-corrected chi connectivity index (χ3v) is 5.88. The average molecular weight is 351 g/mol. The largest absolute Gasteiger partial charge is 0.321 e. The van der Waals surface area contributed by atoms with Gasteiger partial charge in [0.05, 0.1) is 9.77 Å². The van der Waals surface area contributed by atoms with Crippen LogP contribution in [0.5, 0.6) is 0 Å². The molecule has 0 atom stereocenters. The first-order chi connectivity index (χ1) is 10.8. The first-order valence-corrected chi connectivity index (χ1v) is 10.3. The Morgan fingerprint density at radius 1 is 1.17 bits per heavy atom. The van der Waals surface area contributed by atoms with E-state index in [0.29, 0.717) is 10.6 Å². The molecule has 1 heterocycles. The molecule has 0 spiro atoms. The fourth-order valence-electron chi connectivity index (χ4n) is 2.29. The summed E-state index contributed by atoms with van der Waals surface area (Å²) in [7, 11) is -3.22. The van der Waals surface area contributed by atoms with Crippen molar-refractivity contribution in [3.05, 3.63) is 45.6 Å². The highest BCUT2D eigenvalue weighted by molar-refractivity contribution is 7.90. The van der Waals surface area contributed by atoms with Crippen LogP contribution in [0.4, 0.5) is 5.69 Å². The van der Waals surface area contributed by atoms with Gasteiger partial charge in [0.2, 0.25) is 0 Å². The van der Waals surface area contributed by atoms with E-state index >= 15 is 0 Å². The Morgan fingerprint density at radius 3 is 2.35 bits per heavy atom. The van der Waals surface area contributed by atoms with E-state index in [1.165, 1.54) is 33.9 Å². The fraction of sp³-hybridized carbons (Fsp3) is 0.353. The van der Waals surface area contributed by atoms with E-state index in [9.17, 15) is 13.2 Å². The second-order valence-electron chi connectivity index (χ2n) is 5.41. The van der Waals surface area contributed by atoms with Crippen molar-refractivity contribution in [2.24, 2.45) is 0 Å². The van der Waals surface area contributed by atoms with Gasteiger partial charge in [-0.2, -0.15) is 0 Å². The number of hydrogen-bond donors (Lipinski definition) is 1. The molecule has 1 aromatic carbocycles. The number of sulfone groups is 1. The summed E-state index contributed by atoms with van der Waals surface area (Å²) >= 11 is 1.54. The van der Waals surface area contributed by atoms with Gasteiger partial charge in [-0.3, -0.25) is 4.79 Å². The molecule has 1 N–H and O–H groups in total. The molecule has 2 aromatic rings. The van der Waals surface area contributed by atoms with Crippen molar-refractivity contribution in [2.45, 2.75) is 38.0 Å². The Balaban J connectivity index is 2.16. The summed E-state index contributed by atoms with van der Waals surface area (Å²) in [6, 6.07) is 8.17. The normalized spacial score (nSPS) is 11.4. The molecule has 4 nitrogen and oxygen atoms in total. The standard InChI is InChI=1S/C17H21NO3S2/c1-4-6-15-12(5-2)11-16(22-15)17(19)18-13-7-9-14(10-8-13)23(3,20)21/h7-11H,4-6H2,1-3H3,(H,18,19). The van der Waals surface area contributed by atoms with E-state index in [1.807, 2.05) is 6.07 Å². The number of aryl methyl sites for hydroxylation is 2. The van der Waals surface area contributed by atoms with Crippen LogP contribution in [0.25, 0.3) is 0 Å². The molecule has 0 fully saturated rings. The van der Waals surface area contributed by atoms with Crippen LogP contribution in [0.3, 0.4) is 0 Å². The Bertz CT molecular complexity index is 790. The minimum atomic E-state index is -3.22. The second-order valence-corrected chi connectivity index (χ2v) is 8.57. The monoisotopic (exact) mass is 351 g/mol. The predicted octanol–water partition coefficient (Wildman–Crippen LogP) is 3.92. The maximum atomic E-state index is 12.4. The summed E-state index contributed by atoms with van der Waals surface area (Å²) in [5, 5.41) is 2.82. The van der Waals surface area contributed by atoms with Gasteiger partial charge >= 0.3 is 0 Å². The first-order valence-electron chi connectivity index (χ1n) is 7.58. The lowest BCUT2D eigenvalue weighted by Gasteiger charge is -2.04. The molecule has 0 aliphatic rings. The van der Waals surface area contributed by atoms with Crippen LogP contribution in [0.15, 0.2) is 35.2 Å². The lowest BCUT2D eigenvalue weighted by molar-refractivity contribution is 0.103. The number of amides is 1. The van der Waals surface area contributed by atoms with Crippen LogP contribution in [0.1, 0.15) is 40.4 Å². The van der Waals surface area contributed by atoms with Crippen molar-refractivity contribution >= 4 is 32.8 Å². The van der Waals surface area contributed by atoms with Crippen molar-refractivity contribution in [2.75, 3.05) is 11.6 Å². The van der Waals surface area contributed by atoms with E-state index in [4.69, 9.17) is 0 Å². The molecule has 0 bridgehead atoms. The van der Waals surface area contributed by atoms with E-state index in [0.717, 1.165) is 25.5 Å². The van der Waals surface area contributed by atoms with Crippen LogP contribution in [0, 0.1) is 0 Å². The molecular formula is C17H21NO3S2. The van der Waals surface area contributed by atoms with Gasteiger partial charge in [-0.25, -0.2) is 8.42 Å². The SMILES string of the molecule is CCCc1sc(C(=O)Nc2ccc(S(C)(=O)=O)cc2)cc1CC. The highest BCUT2D eigenvalue weighted by atomic mass is 32.2. The van der Waals surface area contributed by atoms with Gasteiger partial charge in [0, 0.05) is 16.8 Å². The van der Waals surface area contributed by atoms with Gasteiger partial charge in [0.1, 0.15) is 0 Å². The third kappa shape index (κ3) is 4.42. The smallest absolute Gasteiger partial charge is 0.265 e. The molecule has 124 valence electrons. The molecule has 0 saturated heterocycles. The molecular weight excluding hydrogens is 330 g/mol. The quantitative estimate of drug-likeness (QED) is 0.858. The van der Waals surface area contributed by atoms with Crippen LogP contribution in [0.2, 0.25) is 0 Å². The van der Waals surface area contributed by atoms with Crippen LogP contribution in [-0.2, 0) is 22.7 Å². The lowest BCUT2D eigenvalue weighted by Crippen LogP contribution is -2.10. The number of benzene rings is 1. The van der Waals surface area contributed by atoms with Crippen LogP contribution >= 0.6 is 11.3 Å². The van der Waals surface area contributed by atoms with Crippen molar-refractivity contribution in [1.82, 2.24) is 0 Å². The zero-order chi connectivity index (χ0) is 17.0. The maximum Gasteiger partial charge on any atom is 0.265 e. The van der Waals surface area contributed by atoms with Crippen molar-refractivity contribution in [3.8, 4) is 0 Å². The molecule has 23 heavy (non-hydrogen) atoms. The summed E-state index contributed by atoms with van der Waals surface area (Å²) in [5.41, 5.74) is 1.82. The van der Waals surface area contributed by atoms with Crippen LogP contribution in [-0.4, -0.2) is 20.6 Å². The fourth-order valence-corrected chi connectivity index (χ4v) is 4.18. The van der Waals surface area contributed by atoms with Crippen molar-refractivity contribution in [1.29, 1.82) is 0 Å². The molecule has 2 rings (SSSR count). The number of hydrogen-bond acceptors (Lipinski definition) is 4. The van der Waals surface area contributed by atoms with Gasteiger partial charge < -0.3 is 5.32 Å². The molecule has 6 heteroatoms. The summed E-state index contributed by atoms with van der Waals surface area (Å²) in [6.07, 6.45) is 4.13. The molecule has 0 radical (unpaired) electrons. The number of rotatable bonds is 6. The van der Waals surface area contributed by atoms with Crippen molar-refractivity contribution in [3.63, 3.8) is 0 Å². The number of carbonyl (C=O) groups excluding carboxylic acids is 1. The van der Waals surface area contributed by atoms with Crippen molar-refractivity contribution < 1.29 is 13.2 Å². The highest BCUT2D eigenvalue weighted by Crippen LogP contribution is 2.25. The number of anilines is 1. The van der Waals surface area contributed by atoms with Crippen LogP contribution < -0.4 is 5.32 Å². The maximum absolute atomic E-state index is 12.4. The van der Waals surface area contributed by atoms with Gasteiger partial charge in [-0.1, -0.05) is 20.3 Å². The minimum Gasteiger partial charge on any atom is -0.321 e. The molecule has 0 saturated carbocycles. The minimum absolute atomic E-state index is 0.154. The summed E-state index contributed by atoms with van der Waals surface area (Å²) < 4.78 is 22.9. The van der Waals surface area contributed by atoms with E-state index in [2.05, 4.69) is 19.2 Å². The van der Waals surface area contributed by atoms with Gasteiger partial charge in [0.25, 0.3) is 5.91 Å². The van der Waals surface area contributed by atoms with Gasteiger partial charge in [0.15, 0.2) is 9.84 Å². The highest BCUT2D eigenvalue weighted by Gasteiger charge is 2.14. The number of thiophene rings is 1. The summed E-state index contributed by atoms with van der Waals surface area (Å²) in [6.45, 7) is 4.22. The second kappa shape index (κ2) is 7.27. The zero-order valence-corrected chi connectivity index (χ0v) is 15.2. The summed E-state index contributed by atoms with van der Waals surface area (Å²) in [4.78, 5) is 14.6. The predicted molar refractivity (Wildman–Crippen MR) is 95.2 cm³/mol. The van der Waals surface area contributed by atoms with E-state index in [-0.39, 0.29) is 10.8 Å². The average Bonchev–Trinajstić information content (AvgIpc) is 2.90. The van der Waals surface area contributed by atoms with E-state index < -0.39 is 9.84 Å². The number of carbonyl (C=O) groups is 1. The summed E-state index contributed by atoms with van der Waals surface area (Å²) in [5.74, 6) is -0.154. The Labute approximate surface area is 141 Å². The van der Waals surface area contributed by atoms with Gasteiger partial charge in [-0.15, -0.1) is 11.3 Å². The Hall–Kier alpha value is -1.66. The molecule has 1 amide bonds. The molecule has 0 aliphatic heterocycles. The van der Waals surface area contributed by atoms with Gasteiger partial charge in [-0.05, 0) is 48.7 Å². The third-order valence-electron chi connectivity index (χ3n) is 3.52. The van der Waals surface area contributed by atoms with E-state index in [1.54, 1.807) is 12.1 Å². The molecule has 0 aliphatic carbocycles. The molecule has 0 unspecified atom stereocenters. The Kier molecular flexibility index (Phi) is 5.59. The number of nitrogens with one attached hydrogen (secondary N) is 1.